The van der Waals surface area contributed by atoms with Gasteiger partial charge in [-0.2, -0.15) is 0 Å². The van der Waals surface area contributed by atoms with Crippen molar-refractivity contribution in [3.63, 3.8) is 0 Å². The molecule has 1 rings (SSSR count). The van der Waals surface area contributed by atoms with Crippen LogP contribution < -0.4 is 0 Å². The van der Waals surface area contributed by atoms with Crippen LogP contribution in [0.25, 0.3) is 0 Å². The summed E-state index contributed by atoms with van der Waals surface area (Å²) in [7, 11) is 0. The van der Waals surface area contributed by atoms with Crippen LogP contribution in [0, 0.1) is 21.7 Å². The highest BCUT2D eigenvalue weighted by Crippen LogP contribution is 2.67. The van der Waals surface area contributed by atoms with Crippen molar-refractivity contribution in [3.8, 4) is 0 Å². The zero-order valence-corrected chi connectivity index (χ0v) is 12.8. The summed E-state index contributed by atoms with van der Waals surface area (Å²) in [5, 5.41) is 38.3. The fourth-order valence-corrected chi connectivity index (χ4v) is 3.64. The predicted octanol–water partition coefficient (Wildman–Crippen LogP) is 1.14. The van der Waals surface area contributed by atoms with E-state index in [4.69, 9.17) is 0 Å². The van der Waals surface area contributed by atoms with E-state index in [2.05, 4.69) is 0 Å². The highest BCUT2D eigenvalue weighted by atomic mass is 16.4. The number of hydrogen-bond acceptors (Lipinski definition) is 4. The maximum Gasteiger partial charge on any atom is 0.311 e. The molecule has 8 heteroatoms. The molecule has 0 radical (unpaired) electrons. The first-order valence-corrected chi connectivity index (χ1v) is 6.67. The zero-order valence-electron chi connectivity index (χ0n) is 12.8. The maximum atomic E-state index is 11.9. The van der Waals surface area contributed by atoms with Gasteiger partial charge in [-0.15, -0.1) is 0 Å². The van der Waals surface area contributed by atoms with Gasteiger partial charge in [0.15, 0.2) is 0 Å². The first kappa shape index (κ1) is 17.9. The maximum absolute atomic E-state index is 11.9. The molecule has 0 spiro atoms. The van der Waals surface area contributed by atoms with Crippen molar-refractivity contribution < 1.29 is 39.6 Å². The van der Waals surface area contributed by atoms with E-state index in [0.717, 1.165) is 27.7 Å². The molecule has 0 amide bonds. The minimum atomic E-state index is -2.32. The fraction of sp³-hybridized carbons (Fsp3) is 0.714. The van der Waals surface area contributed by atoms with Gasteiger partial charge in [-0.05, 0) is 40.5 Å². The van der Waals surface area contributed by atoms with Gasteiger partial charge in [0.25, 0.3) is 0 Å². The third-order valence-corrected chi connectivity index (χ3v) is 6.13. The molecule has 22 heavy (non-hydrogen) atoms. The van der Waals surface area contributed by atoms with Crippen molar-refractivity contribution >= 4 is 23.9 Å². The molecular formula is C14H20O8. The Morgan fingerprint density at radius 3 is 0.955 bits per heavy atom. The molecule has 8 nitrogen and oxygen atoms in total. The number of carbonyl (C=O) groups is 4. The fourth-order valence-electron chi connectivity index (χ4n) is 3.64. The SMILES string of the molecule is CC1(C(=O)O)CCC(C)(C(=O)O)C(C)(C(=O)O)C1(C)C(=O)O. The molecule has 0 aromatic rings. The minimum absolute atomic E-state index is 0.253. The van der Waals surface area contributed by atoms with Crippen molar-refractivity contribution in [2.24, 2.45) is 21.7 Å². The number of aliphatic carboxylic acids is 4. The van der Waals surface area contributed by atoms with E-state index in [1.807, 2.05) is 0 Å². The lowest BCUT2D eigenvalue weighted by molar-refractivity contribution is -0.226. The summed E-state index contributed by atoms with van der Waals surface area (Å²) in [6.45, 7) is 4.34. The largest absolute Gasteiger partial charge is 0.481 e. The van der Waals surface area contributed by atoms with Gasteiger partial charge >= 0.3 is 23.9 Å². The van der Waals surface area contributed by atoms with Gasteiger partial charge in [0, 0.05) is 0 Å². The second kappa shape index (κ2) is 4.69. The summed E-state index contributed by atoms with van der Waals surface area (Å²) < 4.78 is 0. The van der Waals surface area contributed by atoms with Crippen LogP contribution in [0.1, 0.15) is 40.5 Å². The van der Waals surface area contributed by atoms with Gasteiger partial charge in [0.1, 0.15) is 0 Å². The van der Waals surface area contributed by atoms with E-state index >= 15 is 0 Å². The topological polar surface area (TPSA) is 149 Å². The van der Waals surface area contributed by atoms with E-state index in [1.165, 1.54) is 0 Å². The number of hydrogen-bond donors (Lipinski definition) is 4. The summed E-state index contributed by atoms with van der Waals surface area (Å²) in [6, 6.07) is 0. The Balaban J connectivity index is 3.90. The van der Waals surface area contributed by atoms with Crippen molar-refractivity contribution in [1.82, 2.24) is 0 Å². The molecule has 124 valence electrons. The average Bonchev–Trinajstić information content (AvgIpc) is 2.39. The van der Waals surface area contributed by atoms with Gasteiger partial charge in [0.2, 0.25) is 0 Å². The lowest BCUT2D eigenvalue weighted by Crippen LogP contribution is -2.70. The molecule has 1 saturated carbocycles. The quantitative estimate of drug-likeness (QED) is 0.603. The monoisotopic (exact) mass is 316 g/mol. The number of carboxylic acids is 4. The normalized spacial score (nSPS) is 41.6. The van der Waals surface area contributed by atoms with E-state index < -0.39 is 45.5 Å². The van der Waals surface area contributed by atoms with Crippen LogP contribution in [0.2, 0.25) is 0 Å². The highest BCUT2D eigenvalue weighted by Gasteiger charge is 2.77. The van der Waals surface area contributed by atoms with Crippen molar-refractivity contribution in [3.05, 3.63) is 0 Å². The van der Waals surface area contributed by atoms with Crippen molar-refractivity contribution in [2.75, 3.05) is 0 Å². The molecule has 1 fully saturated rings. The van der Waals surface area contributed by atoms with Gasteiger partial charge in [-0.1, -0.05) is 0 Å². The Kier molecular flexibility index (Phi) is 3.82. The number of carboxylic acid groups (broad SMARTS) is 4. The second-order valence-corrected chi connectivity index (χ2v) is 6.63. The average molecular weight is 316 g/mol. The first-order chi connectivity index (χ1) is 9.73. The molecule has 0 aliphatic heterocycles. The van der Waals surface area contributed by atoms with Gasteiger partial charge in [0.05, 0.1) is 21.7 Å². The van der Waals surface area contributed by atoms with Crippen LogP contribution in [0.15, 0.2) is 0 Å². The molecule has 1 aliphatic rings. The smallest absolute Gasteiger partial charge is 0.311 e. The third-order valence-electron chi connectivity index (χ3n) is 6.13. The molecule has 1 aliphatic carbocycles. The van der Waals surface area contributed by atoms with Crippen molar-refractivity contribution in [2.45, 2.75) is 40.5 Å². The molecule has 0 heterocycles. The van der Waals surface area contributed by atoms with Crippen LogP contribution >= 0.6 is 0 Å². The third kappa shape index (κ3) is 1.63. The van der Waals surface area contributed by atoms with Crippen LogP contribution in [0.4, 0.5) is 0 Å². The summed E-state index contributed by atoms with van der Waals surface area (Å²) in [5.74, 6) is -6.21. The molecule has 0 aromatic heterocycles. The summed E-state index contributed by atoms with van der Waals surface area (Å²) in [4.78, 5) is 47.2. The molecule has 4 atom stereocenters. The Morgan fingerprint density at radius 2 is 0.818 bits per heavy atom. The molecule has 4 N–H and O–H groups in total. The highest BCUT2D eigenvalue weighted by molar-refractivity contribution is 5.97. The van der Waals surface area contributed by atoms with E-state index in [-0.39, 0.29) is 12.8 Å². The molecular weight excluding hydrogens is 296 g/mol. The molecule has 0 aromatic carbocycles. The van der Waals surface area contributed by atoms with Gasteiger partial charge < -0.3 is 20.4 Å². The lowest BCUT2D eigenvalue weighted by atomic mass is 9.39. The number of rotatable bonds is 4. The van der Waals surface area contributed by atoms with Crippen LogP contribution in [0.3, 0.4) is 0 Å². The van der Waals surface area contributed by atoms with E-state index in [0.29, 0.717) is 0 Å². The molecule has 0 saturated heterocycles. The van der Waals surface area contributed by atoms with E-state index in [1.54, 1.807) is 0 Å². The van der Waals surface area contributed by atoms with E-state index in [9.17, 15) is 39.6 Å². The summed E-state index contributed by atoms with van der Waals surface area (Å²) in [5.41, 5.74) is -8.46. The Labute approximate surface area is 126 Å². The molecule has 4 unspecified atom stereocenters. The van der Waals surface area contributed by atoms with Gasteiger partial charge in [-0.25, -0.2) is 0 Å². The van der Waals surface area contributed by atoms with Crippen molar-refractivity contribution in [1.29, 1.82) is 0 Å². The van der Waals surface area contributed by atoms with Gasteiger partial charge in [-0.3, -0.25) is 19.2 Å². The Morgan fingerprint density at radius 1 is 0.591 bits per heavy atom. The second-order valence-electron chi connectivity index (χ2n) is 6.63. The van der Waals surface area contributed by atoms with Crippen LogP contribution in [-0.2, 0) is 19.2 Å². The molecule has 0 bridgehead atoms. The zero-order chi connectivity index (χ0) is 17.7. The Bertz CT molecular complexity index is 519. The lowest BCUT2D eigenvalue weighted by Gasteiger charge is -2.59. The minimum Gasteiger partial charge on any atom is -0.481 e. The summed E-state index contributed by atoms with van der Waals surface area (Å²) in [6.07, 6.45) is -0.506. The Hall–Kier alpha value is -2.12. The first-order valence-electron chi connectivity index (χ1n) is 6.67. The standard InChI is InChI=1S/C14H20O8/c1-11(7(15)16)5-6-12(2,8(17)18)14(4,10(21)22)13(11,3)9(19)20/h5-6H2,1-4H3,(H,15,16)(H,17,18)(H,19,20)(H,21,22). The summed E-state index contributed by atoms with van der Waals surface area (Å²) >= 11 is 0. The predicted molar refractivity (Wildman–Crippen MR) is 72.2 cm³/mol. The van der Waals surface area contributed by atoms with Crippen LogP contribution in [0.5, 0.6) is 0 Å². The van der Waals surface area contributed by atoms with Crippen LogP contribution in [-0.4, -0.2) is 44.3 Å².